The molecule has 11 heteroatoms. The van der Waals surface area contributed by atoms with Gasteiger partial charge in [-0.1, -0.05) is 65.8 Å². The summed E-state index contributed by atoms with van der Waals surface area (Å²) in [7, 11) is 0. The minimum absolute atomic E-state index is 0.0785. The number of alkyl halides is 3. The summed E-state index contributed by atoms with van der Waals surface area (Å²) in [6.07, 6.45) is -4.64. The average molecular weight is 584 g/mol. The van der Waals surface area contributed by atoms with Gasteiger partial charge in [-0.05, 0) is 60.2 Å². The molecule has 0 fully saturated rings. The molecule has 1 N–H and O–H groups in total. The van der Waals surface area contributed by atoms with E-state index >= 15 is 0 Å². The normalized spacial score (nSPS) is 12.3. The fourth-order valence-electron chi connectivity index (χ4n) is 4.01. The molecule has 1 aromatic heterocycles. The number of aromatic nitrogens is 2. The summed E-state index contributed by atoms with van der Waals surface area (Å²) >= 11 is 7.05. The van der Waals surface area contributed by atoms with E-state index in [0.29, 0.717) is 22.2 Å². The fourth-order valence-corrected chi connectivity index (χ4v) is 5.29. The summed E-state index contributed by atoms with van der Waals surface area (Å²) in [4.78, 5) is 31.8. The van der Waals surface area contributed by atoms with Gasteiger partial charge in [-0.15, -0.1) is 0 Å². The third-order valence-electron chi connectivity index (χ3n) is 5.95. The number of anilines is 1. The zero-order chi connectivity index (χ0) is 28.4. The second-order valence-corrected chi connectivity index (χ2v) is 10.1. The molecule has 1 heterocycles. The summed E-state index contributed by atoms with van der Waals surface area (Å²) in [6, 6.07) is 23.0. The number of fused-ring (bicyclic) bond motifs is 1. The van der Waals surface area contributed by atoms with Crippen LogP contribution in [0.25, 0.3) is 16.6 Å². The Morgan fingerprint density at radius 2 is 1.60 bits per heavy atom. The minimum atomic E-state index is -4.64. The van der Waals surface area contributed by atoms with Crippen LogP contribution in [-0.2, 0) is 11.0 Å². The Hall–Kier alpha value is -4.15. The molecule has 0 aliphatic rings. The summed E-state index contributed by atoms with van der Waals surface area (Å²) < 4.78 is 54.9. The van der Waals surface area contributed by atoms with Crippen molar-refractivity contribution in [3.63, 3.8) is 0 Å². The number of para-hydroxylation sites is 1. The monoisotopic (exact) mass is 583 g/mol. The Balaban J connectivity index is 1.62. The van der Waals surface area contributed by atoms with Crippen molar-refractivity contribution in [2.24, 2.45) is 0 Å². The van der Waals surface area contributed by atoms with E-state index in [2.05, 4.69) is 10.3 Å². The van der Waals surface area contributed by atoms with E-state index in [1.807, 2.05) is 0 Å². The smallest absolute Gasteiger partial charge is 0.323 e. The fraction of sp³-hybridized carbons (Fsp3) is 0.0690. The second-order valence-electron chi connectivity index (χ2n) is 8.62. The SMILES string of the molecule is O=C(Nc1cc(C(F)(F)F)ccc1Cl)[C@H](Sc1nc2ccccc2c(=O)n1-c1ccc(F)cc1)c1ccccc1. The number of carbonyl (C=O) groups excluding carboxylic acids is 1. The molecule has 5 nitrogen and oxygen atoms in total. The predicted octanol–water partition coefficient (Wildman–Crippen LogP) is 7.67. The topological polar surface area (TPSA) is 64.0 Å². The number of nitrogens with one attached hydrogen (secondary N) is 1. The van der Waals surface area contributed by atoms with Crippen LogP contribution in [0.5, 0.6) is 0 Å². The second kappa shape index (κ2) is 11.1. The van der Waals surface area contributed by atoms with Crippen molar-refractivity contribution in [1.29, 1.82) is 0 Å². The summed E-state index contributed by atoms with van der Waals surface area (Å²) in [5, 5.41) is 1.79. The highest BCUT2D eigenvalue weighted by atomic mass is 35.5. The van der Waals surface area contributed by atoms with Crippen molar-refractivity contribution in [2.45, 2.75) is 16.6 Å². The molecule has 0 bridgehead atoms. The van der Waals surface area contributed by atoms with Gasteiger partial charge in [0.05, 0.1) is 32.9 Å². The first-order valence-corrected chi connectivity index (χ1v) is 13.0. The van der Waals surface area contributed by atoms with Crippen LogP contribution in [-0.4, -0.2) is 15.5 Å². The zero-order valence-electron chi connectivity index (χ0n) is 20.3. The van der Waals surface area contributed by atoms with Gasteiger partial charge >= 0.3 is 6.18 Å². The molecule has 0 saturated carbocycles. The molecule has 1 amide bonds. The van der Waals surface area contributed by atoms with Gasteiger partial charge in [0.2, 0.25) is 5.91 Å². The number of thioether (sulfide) groups is 1. The zero-order valence-corrected chi connectivity index (χ0v) is 21.9. The molecule has 0 radical (unpaired) electrons. The van der Waals surface area contributed by atoms with Crippen molar-refractivity contribution >= 4 is 45.9 Å². The van der Waals surface area contributed by atoms with E-state index in [1.54, 1.807) is 54.6 Å². The van der Waals surface area contributed by atoms with Gasteiger partial charge in [-0.2, -0.15) is 13.2 Å². The van der Waals surface area contributed by atoms with E-state index in [1.165, 1.54) is 28.8 Å². The van der Waals surface area contributed by atoms with Gasteiger partial charge in [0.15, 0.2) is 5.16 Å². The molecular weight excluding hydrogens is 566 g/mol. The van der Waals surface area contributed by atoms with Gasteiger partial charge in [0.1, 0.15) is 11.1 Å². The Kier molecular flexibility index (Phi) is 7.64. The number of halogens is 5. The lowest BCUT2D eigenvalue weighted by atomic mass is 10.1. The molecule has 0 spiro atoms. The maximum atomic E-state index is 13.7. The molecule has 40 heavy (non-hydrogen) atoms. The molecular formula is C29H18ClF4N3O2S. The van der Waals surface area contributed by atoms with Crippen LogP contribution < -0.4 is 10.9 Å². The van der Waals surface area contributed by atoms with E-state index in [0.717, 1.165) is 30.0 Å². The molecule has 4 aromatic carbocycles. The molecule has 5 aromatic rings. The number of hydrogen-bond acceptors (Lipinski definition) is 4. The first-order chi connectivity index (χ1) is 19.1. The van der Waals surface area contributed by atoms with Crippen molar-refractivity contribution < 1.29 is 22.4 Å². The van der Waals surface area contributed by atoms with Crippen molar-refractivity contribution in [3.05, 3.63) is 129 Å². The van der Waals surface area contributed by atoms with Gasteiger partial charge in [-0.25, -0.2) is 9.37 Å². The molecule has 202 valence electrons. The van der Waals surface area contributed by atoms with Crippen LogP contribution in [0.1, 0.15) is 16.4 Å². The Labute approximate surface area is 234 Å². The quantitative estimate of drug-likeness (QED) is 0.127. The van der Waals surface area contributed by atoms with Crippen LogP contribution in [0.2, 0.25) is 5.02 Å². The third-order valence-corrected chi connectivity index (χ3v) is 7.48. The highest BCUT2D eigenvalue weighted by molar-refractivity contribution is 8.00. The van der Waals surface area contributed by atoms with Crippen molar-refractivity contribution in [1.82, 2.24) is 9.55 Å². The number of carbonyl (C=O) groups is 1. The van der Waals surface area contributed by atoms with E-state index in [-0.39, 0.29) is 15.9 Å². The molecule has 0 aliphatic heterocycles. The van der Waals surface area contributed by atoms with E-state index in [4.69, 9.17) is 11.6 Å². The lowest BCUT2D eigenvalue weighted by Crippen LogP contribution is -2.24. The van der Waals surface area contributed by atoms with Crippen LogP contribution in [0.4, 0.5) is 23.2 Å². The molecule has 5 rings (SSSR count). The van der Waals surface area contributed by atoms with Crippen molar-refractivity contribution in [2.75, 3.05) is 5.32 Å². The standard InChI is InChI=1S/C29H18ClF4N3O2S/c30-22-15-10-18(29(32,33)34)16-24(22)35-26(38)25(17-6-2-1-3-7-17)40-28-36-23-9-5-4-8-21(23)27(39)37(28)20-13-11-19(31)12-14-20/h1-16,25H,(H,35,38)/t25-/m1/s1. The Morgan fingerprint density at radius 1 is 0.925 bits per heavy atom. The predicted molar refractivity (Wildman–Crippen MR) is 147 cm³/mol. The lowest BCUT2D eigenvalue weighted by molar-refractivity contribution is -0.137. The molecule has 0 aliphatic carbocycles. The van der Waals surface area contributed by atoms with Gasteiger partial charge in [-0.3, -0.25) is 14.2 Å². The van der Waals surface area contributed by atoms with Crippen LogP contribution in [0.15, 0.2) is 107 Å². The Morgan fingerprint density at radius 3 is 2.30 bits per heavy atom. The van der Waals surface area contributed by atoms with Crippen LogP contribution in [0, 0.1) is 5.82 Å². The molecule has 0 unspecified atom stereocenters. The van der Waals surface area contributed by atoms with Crippen LogP contribution >= 0.6 is 23.4 Å². The molecule has 1 atom stereocenters. The van der Waals surface area contributed by atoms with Gasteiger partial charge in [0, 0.05) is 0 Å². The summed E-state index contributed by atoms with van der Waals surface area (Å²) in [6.45, 7) is 0. The number of hydrogen-bond donors (Lipinski definition) is 1. The number of benzene rings is 4. The summed E-state index contributed by atoms with van der Waals surface area (Å²) in [5.41, 5.74) is -0.432. The number of rotatable bonds is 6. The third kappa shape index (κ3) is 5.73. The van der Waals surface area contributed by atoms with Crippen molar-refractivity contribution in [3.8, 4) is 5.69 Å². The highest BCUT2D eigenvalue weighted by Crippen LogP contribution is 2.38. The lowest BCUT2D eigenvalue weighted by Gasteiger charge is -2.20. The van der Waals surface area contributed by atoms with Gasteiger partial charge in [0.25, 0.3) is 5.56 Å². The first-order valence-electron chi connectivity index (χ1n) is 11.8. The molecule has 0 saturated heterocycles. The first kappa shape index (κ1) is 27.4. The van der Waals surface area contributed by atoms with E-state index in [9.17, 15) is 27.2 Å². The highest BCUT2D eigenvalue weighted by Gasteiger charge is 2.32. The summed E-state index contributed by atoms with van der Waals surface area (Å²) in [5.74, 6) is -1.19. The van der Waals surface area contributed by atoms with Gasteiger partial charge < -0.3 is 5.32 Å². The largest absolute Gasteiger partial charge is 0.416 e. The maximum absolute atomic E-state index is 13.7. The maximum Gasteiger partial charge on any atom is 0.416 e. The number of nitrogens with zero attached hydrogens (tertiary/aromatic N) is 2. The average Bonchev–Trinajstić information content (AvgIpc) is 2.93. The number of amides is 1. The Bertz CT molecular complexity index is 1760. The van der Waals surface area contributed by atoms with Crippen LogP contribution in [0.3, 0.4) is 0 Å². The minimum Gasteiger partial charge on any atom is -0.323 e. The van der Waals surface area contributed by atoms with E-state index < -0.39 is 34.3 Å².